The van der Waals surface area contributed by atoms with Crippen molar-refractivity contribution in [2.45, 2.75) is 45.3 Å². The molecule has 5 heteroatoms. The SMILES string of the molecule is CC1CCCCN1Cc1ccc(CNC(=O)N(C)CCO)cc1. The number of nitrogens with zero attached hydrogens (tertiary/aromatic N) is 2. The van der Waals surface area contributed by atoms with Gasteiger partial charge in [0.25, 0.3) is 0 Å². The lowest BCUT2D eigenvalue weighted by Gasteiger charge is -2.33. The fourth-order valence-electron chi connectivity index (χ4n) is 2.95. The summed E-state index contributed by atoms with van der Waals surface area (Å²) in [5, 5.41) is 11.7. The Hall–Kier alpha value is -1.59. The summed E-state index contributed by atoms with van der Waals surface area (Å²) in [6.07, 6.45) is 3.95. The minimum Gasteiger partial charge on any atom is -0.395 e. The van der Waals surface area contributed by atoms with Crippen LogP contribution in [0.25, 0.3) is 0 Å². The molecule has 2 N–H and O–H groups in total. The molecule has 0 aliphatic carbocycles. The molecule has 1 fully saturated rings. The lowest BCUT2D eigenvalue weighted by molar-refractivity contribution is 0.152. The summed E-state index contributed by atoms with van der Waals surface area (Å²) in [6.45, 7) is 5.34. The van der Waals surface area contributed by atoms with Gasteiger partial charge in [-0.25, -0.2) is 4.79 Å². The number of carbonyl (C=O) groups excluding carboxylic acids is 1. The normalized spacial score (nSPS) is 18.7. The minimum absolute atomic E-state index is 0.0203. The Morgan fingerprint density at radius 2 is 2.00 bits per heavy atom. The van der Waals surface area contributed by atoms with Crippen molar-refractivity contribution < 1.29 is 9.90 Å². The van der Waals surface area contributed by atoms with Gasteiger partial charge in [-0.2, -0.15) is 0 Å². The van der Waals surface area contributed by atoms with Crippen molar-refractivity contribution >= 4 is 6.03 Å². The number of carbonyl (C=O) groups is 1. The number of hydrogen-bond acceptors (Lipinski definition) is 3. The van der Waals surface area contributed by atoms with Gasteiger partial charge in [0.1, 0.15) is 0 Å². The van der Waals surface area contributed by atoms with Gasteiger partial charge in [-0.3, -0.25) is 4.90 Å². The number of rotatable bonds is 6. The molecule has 1 atom stereocenters. The van der Waals surface area contributed by atoms with Crippen LogP contribution in [0.15, 0.2) is 24.3 Å². The molecule has 0 spiro atoms. The largest absolute Gasteiger partial charge is 0.395 e. The molecule has 0 radical (unpaired) electrons. The standard InChI is InChI=1S/C18H29N3O2/c1-15-5-3-4-10-21(15)14-17-8-6-16(7-9-17)13-19-18(23)20(2)11-12-22/h6-9,15,22H,3-5,10-14H2,1-2H3,(H,19,23). The van der Waals surface area contributed by atoms with Crippen LogP contribution in [-0.4, -0.2) is 53.7 Å². The van der Waals surface area contributed by atoms with Gasteiger partial charge >= 0.3 is 6.03 Å². The second-order valence-corrected chi connectivity index (χ2v) is 6.44. The molecule has 1 saturated heterocycles. The van der Waals surface area contributed by atoms with Gasteiger partial charge in [-0.15, -0.1) is 0 Å². The average molecular weight is 319 g/mol. The summed E-state index contributed by atoms with van der Waals surface area (Å²) in [6, 6.07) is 8.97. The van der Waals surface area contributed by atoms with Crippen LogP contribution in [0.3, 0.4) is 0 Å². The van der Waals surface area contributed by atoms with Crippen LogP contribution < -0.4 is 5.32 Å². The Kier molecular flexibility index (Phi) is 6.86. The number of urea groups is 1. The molecule has 5 nitrogen and oxygen atoms in total. The molecule has 1 aliphatic rings. The summed E-state index contributed by atoms with van der Waals surface area (Å²) in [7, 11) is 1.68. The van der Waals surface area contributed by atoms with Gasteiger partial charge in [0, 0.05) is 32.7 Å². The number of nitrogens with one attached hydrogen (secondary N) is 1. The first-order chi connectivity index (χ1) is 11.1. The van der Waals surface area contributed by atoms with Crippen molar-refractivity contribution in [3.8, 4) is 0 Å². The zero-order valence-electron chi connectivity index (χ0n) is 14.3. The molecule has 2 rings (SSSR count). The maximum Gasteiger partial charge on any atom is 0.317 e. The molecule has 1 aromatic carbocycles. The summed E-state index contributed by atoms with van der Waals surface area (Å²) < 4.78 is 0. The molecule has 0 saturated carbocycles. The molecule has 0 bridgehead atoms. The van der Waals surface area contributed by atoms with Gasteiger partial charge < -0.3 is 15.3 Å². The fourth-order valence-corrected chi connectivity index (χ4v) is 2.95. The number of hydrogen-bond donors (Lipinski definition) is 2. The molecule has 0 aromatic heterocycles. The van der Waals surface area contributed by atoms with E-state index in [1.54, 1.807) is 7.05 Å². The van der Waals surface area contributed by atoms with E-state index in [9.17, 15) is 4.79 Å². The van der Waals surface area contributed by atoms with Gasteiger partial charge in [0.2, 0.25) is 0 Å². The maximum absolute atomic E-state index is 11.8. The number of piperidine rings is 1. The first kappa shape index (κ1) is 17.8. The zero-order chi connectivity index (χ0) is 16.7. The zero-order valence-corrected chi connectivity index (χ0v) is 14.3. The van der Waals surface area contributed by atoms with Gasteiger partial charge in [0.15, 0.2) is 0 Å². The number of likely N-dealkylation sites (tertiary alicyclic amines) is 1. The average Bonchev–Trinajstić information content (AvgIpc) is 2.56. The van der Waals surface area contributed by atoms with Crippen LogP contribution in [0, 0.1) is 0 Å². The molecule has 2 amide bonds. The summed E-state index contributed by atoms with van der Waals surface area (Å²) in [4.78, 5) is 15.8. The van der Waals surface area contributed by atoms with E-state index >= 15 is 0 Å². The molecule has 1 aromatic rings. The van der Waals surface area contributed by atoms with Crippen LogP contribution in [0.5, 0.6) is 0 Å². The molecular weight excluding hydrogens is 290 g/mol. The van der Waals surface area contributed by atoms with Crippen molar-refractivity contribution in [1.29, 1.82) is 0 Å². The van der Waals surface area contributed by atoms with Gasteiger partial charge in [-0.1, -0.05) is 30.7 Å². The molecular formula is C18H29N3O2. The van der Waals surface area contributed by atoms with Crippen LogP contribution >= 0.6 is 0 Å². The highest BCUT2D eigenvalue weighted by atomic mass is 16.3. The third-order valence-electron chi connectivity index (χ3n) is 4.58. The van der Waals surface area contributed by atoms with E-state index in [0.29, 0.717) is 19.1 Å². The number of likely N-dealkylation sites (N-methyl/N-ethyl adjacent to an activating group) is 1. The summed E-state index contributed by atoms with van der Waals surface area (Å²) >= 11 is 0. The van der Waals surface area contributed by atoms with Crippen LogP contribution in [0.1, 0.15) is 37.3 Å². The third kappa shape index (κ3) is 5.52. The van der Waals surface area contributed by atoms with E-state index < -0.39 is 0 Å². The molecule has 1 unspecified atom stereocenters. The topological polar surface area (TPSA) is 55.8 Å². The lowest BCUT2D eigenvalue weighted by atomic mass is 10.0. The highest BCUT2D eigenvalue weighted by Crippen LogP contribution is 2.19. The van der Waals surface area contributed by atoms with Crippen molar-refractivity contribution in [2.24, 2.45) is 0 Å². The van der Waals surface area contributed by atoms with E-state index in [4.69, 9.17) is 5.11 Å². The summed E-state index contributed by atoms with van der Waals surface area (Å²) in [5.41, 5.74) is 2.41. The van der Waals surface area contributed by atoms with Crippen molar-refractivity contribution in [3.05, 3.63) is 35.4 Å². The van der Waals surface area contributed by atoms with Crippen LogP contribution in [0.2, 0.25) is 0 Å². The molecule has 1 aliphatic heterocycles. The number of aliphatic hydroxyl groups is 1. The van der Waals surface area contributed by atoms with E-state index in [2.05, 4.69) is 41.4 Å². The Morgan fingerprint density at radius 1 is 1.30 bits per heavy atom. The van der Waals surface area contributed by atoms with Crippen molar-refractivity contribution in [1.82, 2.24) is 15.1 Å². The lowest BCUT2D eigenvalue weighted by Crippen LogP contribution is -2.38. The van der Waals surface area contributed by atoms with Crippen molar-refractivity contribution in [3.63, 3.8) is 0 Å². The van der Waals surface area contributed by atoms with E-state index in [1.165, 1.54) is 36.3 Å². The highest BCUT2D eigenvalue weighted by Gasteiger charge is 2.17. The van der Waals surface area contributed by atoms with Gasteiger partial charge in [0.05, 0.1) is 6.61 Å². The highest BCUT2D eigenvalue weighted by molar-refractivity contribution is 5.73. The van der Waals surface area contributed by atoms with Crippen LogP contribution in [0.4, 0.5) is 4.79 Å². The molecule has 1 heterocycles. The monoisotopic (exact) mass is 319 g/mol. The Balaban J connectivity index is 1.81. The molecule has 128 valence electrons. The Labute approximate surface area is 139 Å². The smallest absolute Gasteiger partial charge is 0.317 e. The fraction of sp³-hybridized carbons (Fsp3) is 0.611. The minimum atomic E-state index is -0.162. The van der Waals surface area contributed by atoms with Crippen LogP contribution in [-0.2, 0) is 13.1 Å². The summed E-state index contributed by atoms with van der Waals surface area (Å²) in [5.74, 6) is 0. The predicted molar refractivity (Wildman–Crippen MR) is 92.1 cm³/mol. The Bertz CT molecular complexity index is 490. The predicted octanol–water partition coefficient (Wildman–Crippen LogP) is 2.19. The third-order valence-corrected chi connectivity index (χ3v) is 4.58. The number of benzene rings is 1. The van der Waals surface area contributed by atoms with E-state index in [1.807, 2.05) is 0 Å². The first-order valence-corrected chi connectivity index (χ1v) is 8.52. The number of aliphatic hydroxyl groups excluding tert-OH is 1. The Morgan fingerprint density at radius 3 is 2.65 bits per heavy atom. The number of amides is 2. The second-order valence-electron chi connectivity index (χ2n) is 6.44. The van der Waals surface area contributed by atoms with Gasteiger partial charge in [-0.05, 0) is 37.4 Å². The van der Waals surface area contributed by atoms with E-state index in [0.717, 1.165) is 12.1 Å². The second kappa shape index (κ2) is 8.89. The van der Waals surface area contributed by atoms with Crippen molar-refractivity contribution in [2.75, 3.05) is 26.7 Å². The maximum atomic E-state index is 11.8. The molecule has 23 heavy (non-hydrogen) atoms. The quantitative estimate of drug-likeness (QED) is 0.845. The van der Waals surface area contributed by atoms with E-state index in [-0.39, 0.29) is 12.6 Å². The first-order valence-electron chi connectivity index (χ1n) is 8.52.